The van der Waals surface area contributed by atoms with Crippen molar-refractivity contribution in [3.63, 3.8) is 0 Å². The van der Waals surface area contributed by atoms with E-state index in [1.807, 2.05) is 6.07 Å². The van der Waals surface area contributed by atoms with Gasteiger partial charge in [-0.3, -0.25) is 0 Å². The van der Waals surface area contributed by atoms with E-state index in [2.05, 4.69) is 16.0 Å². The van der Waals surface area contributed by atoms with Gasteiger partial charge in [-0.25, -0.2) is 9.37 Å². The van der Waals surface area contributed by atoms with Crippen LogP contribution in [0.15, 0.2) is 36.4 Å². The highest BCUT2D eigenvalue weighted by molar-refractivity contribution is 5.84. The molecule has 2 aromatic carbocycles. The normalized spacial score (nSPS) is 10.6. The predicted molar refractivity (Wildman–Crippen MR) is 70.9 cm³/mol. The number of rotatable bonds is 1. The number of nitriles is 1. The van der Waals surface area contributed by atoms with Crippen LogP contribution in [0, 0.1) is 24.1 Å². The summed E-state index contributed by atoms with van der Waals surface area (Å²) < 4.78 is 14.1. The van der Waals surface area contributed by atoms with Gasteiger partial charge in [0.15, 0.2) is 0 Å². The third kappa shape index (κ3) is 1.76. The second-order valence-corrected chi connectivity index (χ2v) is 4.34. The number of fused-ring (bicyclic) bond motifs is 1. The molecule has 0 bridgehead atoms. The maximum atomic E-state index is 14.1. The highest BCUT2D eigenvalue weighted by Crippen LogP contribution is 2.25. The van der Waals surface area contributed by atoms with E-state index >= 15 is 0 Å². The molecule has 19 heavy (non-hydrogen) atoms. The minimum Gasteiger partial charge on any atom is -0.338 e. The minimum atomic E-state index is -0.292. The lowest BCUT2D eigenvalue weighted by atomic mass is 10.1. The minimum absolute atomic E-state index is 0.292. The quantitative estimate of drug-likeness (QED) is 0.719. The van der Waals surface area contributed by atoms with Crippen molar-refractivity contribution < 1.29 is 4.39 Å². The summed E-state index contributed by atoms with van der Waals surface area (Å²) >= 11 is 0. The third-order valence-electron chi connectivity index (χ3n) is 3.08. The first-order valence-corrected chi connectivity index (χ1v) is 5.85. The van der Waals surface area contributed by atoms with Gasteiger partial charge in [-0.15, -0.1) is 0 Å². The standard InChI is InChI=1S/C15H10FN3/c1-9-4-2-6-11(13(9)16)15-18-12-7-3-5-10(8-17)14(12)19-15/h2-7H,1H3,(H,18,19). The maximum absolute atomic E-state index is 14.1. The van der Waals surface area contributed by atoms with Gasteiger partial charge in [0.2, 0.25) is 0 Å². The summed E-state index contributed by atoms with van der Waals surface area (Å²) in [5.74, 6) is 0.152. The summed E-state index contributed by atoms with van der Waals surface area (Å²) in [6.45, 7) is 1.71. The number of hydrogen-bond donors (Lipinski definition) is 1. The highest BCUT2D eigenvalue weighted by atomic mass is 19.1. The molecule has 3 aromatic rings. The van der Waals surface area contributed by atoms with Crippen LogP contribution in [-0.4, -0.2) is 9.97 Å². The van der Waals surface area contributed by atoms with Gasteiger partial charge in [0, 0.05) is 0 Å². The van der Waals surface area contributed by atoms with E-state index in [9.17, 15) is 4.39 Å². The van der Waals surface area contributed by atoms with Crippen LogP contribution in [0.2, 0.25) is 0 Å². The zero-order valence-corrected chi connectivity index (χ0v) is 10.2. The van der Waals surface area contributed by atoms with Crippen LogP contribution >= 0.6 is 0 Å². The Kier molecular flexibility index (Phi) is 2.53. The fourth-order valence-corrected chi connectivity index (χ4v) is 2.08. The van der Waals surface area contributed by atoms with E-state index in [4.69, 9.17) is 5.26 Å². The van der Waals surface area contributed by atoms with Crippen molar-refractivity contribution in [1.29, 1.82) is 5.26 Å². The van der Waals surface area contributed by atoms with Crippen molar-refractivity contribution >= 4 is 11.0 Å². The first-order valence-electron chi connectivity index (χ1n) is 5.85. The molecule has 92 valence electrons. The number of aromatic nitrogens is 2. The molecule has 0 amide bonds. The Bertz CT molecular complexity index is 812. The molecule has 0 unspecified atom stereocenters. The Labute approximate surface area is 109 Å². The molecule has 0 saturated heterocycles. The van der Waals surface area contributed by atoms with Crippen LogP contribution in [0.3, 0.4) is 0 Å². The van der Waals surface area contributed by atoms with Crippen molar-refractivity contribution in [2.24, 2.45) is 0 Å². The lowest BCUT2D eigenvalue weighted by molar-refractivity contribution is 0.621. The molecule has 1 heterocycles. The number of nitrogens with zero attached hydrogens (tertiary/aromatic N) is 2. The van der Waals surface area contributed by atoms with Gasteiger partial charge < -0.3 is 4.98 Å². The van der Waals surface area contributed by atoms with Crippen LogP contribution in [0.25, 0.3) is 22.4 Å². The van der Waals surface area contributed by atoms with E-state index in [1.54, 1.807) is 37.3 Å². The van der Waals surface area contributed by atoms with E-state index in [0.717, 1.165) is 5.52 Å². The number of H-pyrrole nitrogens is 1. The smallest absolute Gasteiger partial charge is 0.141 e. The maximum Gasteiger partial charge on any atom is 0.141 e. The molecule has 0 spiro atoms. The van der Waals surface area contributed by atoms with Crippen LogP contribution in [0.5, 0.6) is 0 Å². The number of nitrogens with one attached hydrogen (secondary N) is 1. The molecule has 4 heteroatoms. The fourth-order valence-electron chi connectivity index (χ4n) is 2.08. The zero-order chi connectivity index (χ0) is 13.4. The zero-order valence-electron chi connectivity index (χ0n) is 10.2. The van der Waals surface area contributed by atoms with Gasteiger partial charge in [-0.2, -0.15) is 5.26 Å². The lowest BCUT2D eigenvalue weighted by Gasteiger charge is -2.01. The van der Waals surface area contributed by atoms with Gasteiger partial charge in [0.25, 0.3) is 0 Å². The Hall–Kier alpha value is -2.67. The topological polar surface area (TPSA) is 52.5 Å². The van der Waals surface area contributed by atoms with Crippen molar-refractivity contribution in [1.82, 2.24) is 9.97 Å². The first-order chi connectivity index (χ1) is 9.20. The molecule has 1 aromatic heterocycles. The van der Waals surface area contributed by atoms with Crippen LogP contribution in [-0.2, 0) is 0 Å². The summed E-state index contributed by atoms with van der Waals surface area (Å²) in [5, 5.41) is 9.04. The Morgan fingerprint density at radius 1 is 1.21 bits per heavy atom. The third-order valence-corrected chi connectivity index (χ3v) is 3.08. The van der Waals surface area contributed by atoms with Crippen LogP contribution in [0.1, 0.15) is 11.1 Å². The number of benzene rings is 2. The Morgan fingerprint density at radius 3 is 2.79 bits per heavy atom. The van der Waals surface area contributed by atoms with Gasteiger partial charge in [-0.05, 0) is 30.7 Å². The monoisotopic (exact) mass is 251 g/mol. The number of halogens is 1. The molecule has 0 aliphatic carbocycles. The molecule has 0 atom stereocenters. The van der Waals surface area contributed by atoms with Crippen LogP contribution in [0.4, 0.5) is 4.39 Å². The summed E-state index contributed by atoms with van der Waals surface area (Å²) in [7, 11) is 0. The second kappa shape index (κ2) is 4.21. The summed E-state index contributed by atoms with van der Waals surface area (Å²) in [5.41, 5.74) is 2.77. The molecule has 0 radical (unpaired) electrons. The summed E-state index contributed by atoms with van der Waals surface area (Å²) in [6, 6.07) is 12.5. The summed E-state index contributed by atoms with van der Waals surface area (Å²) in [4.78, 5) is 7.39. The molecule has 0 saturated carbocycles. The second-order valence-electron chi connectivity index (χ2n) is 4.34. The Balaban J connectivity index is 2.27. The number of para-hydroxylation sites is 1. The van der Waals surface area contributed by atoms with Gasteiger partial charge in [0.1, 0.15) is 23.2 Å². The number of aryl methyl sites for hydroxylation is 1. The fraction of sp³-hybridized carbons (Fsp3) is 0.0667. The van der Waals surface area contributed by atoms with E-state index in [0.29, 0.717) is 28.0 Å². The number of imidazole rings is 1. The molecule has 0 aliphatic heterocycles. The van der Waals surface area contributed by atoms with E-state index < -0.39 is 0 Å². The molecule has 0 aliphatic rings. The largest absolute Gasteiger partial charge is 0.338 e. The molecule has 1 N–H and O–H groups in total. The molecule has 3 nitrogen and oxygen atoms in total. The molecule has 0 fully saturated rings. The Morgan fingerprint density at radius 2 is 2.00 bits per heavy atom. The summed E-state index contributed by atoms with van der Waals surface area (Å²) in [6.07, 6.45) is 0. The van der Waals surface area contributed by atoms with Crippen molar-refractivity contribution in [2.75, 3.05) is 0 Å². The molecular weight excluding hydrogens is 241 g/mol. The SMILES string of the molecule is Cc1cccc(-c2nc3c(C#N)cccc3[nH]2)c1F. The van der Waals surface area contributed by atoms with Crippen molar-refractivity contribution in [2.45, 2.75) is 6.92 Å². The van der Waals surface area contributed by atoms with Gasteiger partial charge in [-0.1, -0.05) is 18.2 Å². The predicted octanol–water partition coefficient (Wildman–Crippen LogP) is 3.55. The van der Waals surface area contributed by atoms with Crippen molar-refractivity contribution in [3.05, 3.63) is 53.3 Å². The van der Waals surface area contributed by atoms with Gasteiger partial charge in [0.05, 0.1) is 16.6 Å². The van der Waals surface area contributed by atoms with E-state index in [-0.39, 0.29) is 5.82 Å². The number of hydrogen-bond acceptors (Lipinski definition) is 2. The first kappa shape index (κ1) is 11.4. The number of aromatic amines is 1. The average Bonchev–Trinajstić information content (AvgIpc) is 2.85. The van der Waals surface area contributed by atoms with Crippen LogP contribution < -0.4 is 0 Å². The van der Waals surface area contributed by atoms with E-state index in [1.165, 1.54) is 0 Å². The molecular formula is C15H10FN3. The van der Waals surface area contributed by atoms with Gasteiger partial charge >= 0.3 is 0 Å². The average molecular weight is 251 g/mol. The van der Waals surface area contributed by atoms with Crippen molar-refractivity contribution in [3.8, 4) is 17.5 Å². The highest BCUT2D eigenvalue weighted by Gasteiger charge is 2.13. The molecule has 3 rings (SSSR count). The lowest BCUT2D eigenvalue weighted by Crippen LogP contribution is -1.89.